The molecule has 2 aromatic rings. The minimum absolute atomic E-state index is 0.0982. The van der Waals surface area contributed by atoms with Crippen LogP contribution in [0.25, 0.3) is 0 Å². The Morgan fingerprint density at radius 3 is 2.50 bits per heavy atom. The summed E-state index contributed by atoms with van der Waals surface area (Å²) in [5.41, 5.74) is 2.22. The van der Waals surface area contributed by atoms with Crippen molar-refractivity contribution in [3.8, 4) is 0 Å². The molecule has 1 fully saturated rings. The van der Waals surface area contributed by atoms with Crippen molar-refractivity contribution in [1.29, 1.82) is 0 Å². The molecular formula is C19H20ClNO. The molecule has 1 aliphatic rings. The minimum Gasteiger partial charge on any atom is -0.326 e. The zero-order valence-corrected chi connectivity index (χ0v) is 13.2. The van der Waals surface area contributed by atoms with Gasteiger partial charge in [0.25, 0.3) is 0 Å². The van der Waals surface area contributed by atoms with Gasteiger partial charge in [0.2, 0.25) is 5.91 Å². The van der Waals surface area contributed by atoms with Gasteiger partial charge in [0.15, 0.2) is 0 Å². The summed E-state index contributed by atoms with van der Waals surface area (Å²) >= 11 is 5.85. The molecule has 114 valence electrons. The van der Waals surface area contributed by atoms with E-state index in [1.807, 2.05) is 12.1 Å². The zero-order valence-electron chi connectivity index (χ0n) is 12.5. The molecular weight excluding hydrogens is 294 g/mol. The number of hydrogen-bond donors (Lipinski definition) is 1. The quantitative estimate of drug-likeness (QED) is 0.820. The van der Waals surface area contributed by atoms with Crippen molar-refractivity contribution >= 4 is 23.2 Å². The van der Waals surface area contributed by atoms with Crippen LogP contribution in [-0.4, -0.2) is 5.91 Å². The third kappa shape index (κ3) is 3.89. The molecule has 3 heteroatoms. The maximum absolute atomic E-state index is 12.2. The van der Waals surface area contributed by atoms with Crippen LogP contribution < -0.4 is 5.32 Å². The van der Waals surface area contributed by atoms with E-state index in [9.17, 15) is 4.79 Å². The van der Waals surface area contributed by atoms with Gasteiger partial charge >= 0.3 is 0 Å². The predicted octanol–water partition coefficient (Wildman–Crippen LogP) is 5.25. The van der Waals surface area contributed by atoms with Crippen LogP contribution in [0.2, 0.25) is 5.02 Å². The highest BCUT2D eigenvalue weighted by Crippen LogP contribution is 2.39. The molecule has 1 aliphatic carbocycles. The van der Waals surface area contributed by atoms with Gasteiger partial charge in [-0.2, -0.15) is 0 Å². The topological polar surface area (TPSA) is 29.1 Å². The summed E-state index contributed by atoms with van der Waals surface area (Å²) < 4.78 is 0. The predicted molar refractivity (Wildman–Crippen MR) is 91.2 cm³/mol. The molecule has 1 amide bonds. The molecule has 1 N–H and O–H groups in total. The number of anilines is 1. The number of amides is 1. The zero-order chi connectivity index (χ0) is 15.4. The molecule has 22 heavy (non-hydrogen) atoms. The molecule has 2 atom stereocenters. The van der Waals surface area contributed by atoms with Crippen LogP contribution in [0.4, 0.5) is 5.69 Å². The van der Waals surface area contributed by atoms with Gasteiger partial charge in [-0.3, -0.25) is 4.79 Å². The van der Waals surface area contributed by atoms with Crippen LogP contribution in [-0.2, 0) is 4.79 Å². The Kier molecular flexibility index (Phi) is 4.79. The van der Waals surface area contributed by atoms with Crippen molar-refractivity contribution in [2.24, 2.45) is 5.92 Å². The second-order valence-corrected chi connectivity index (χ2v) is 6.48. The summed E-state index contributed by atoms with van der Waals surface area (Å²) in [6.07, 6.45) is 4.03. The van der Waals surface area contributed by atoms with E-state index in [4.69, 9.17) is 11.6 Å². The Morgan fingerprint density at radius 2 is 1.77 bits per heavy atom. The lowest BCUT2D eigenvalue weighted by Crippen LogP contribution is -2.15. The minimum atomic E-state index is 0.0982. The molecule has 3 rings (SSSR count). The summed E-state index contributed by atoms with van der Waals surface area (Å²) in [6, 6.07) is 17.9. The van der Waals surface area contributed by atoms with Crippen LogP contribution in [0.3, 0.4) is 0 Å². The number of carbonyl (C=O) groups is 1. The average molecular weight is 314 g/mol. The summed E-state index contributed by atoms with van der Waals surface area (Å²) in [5, 5.41) is 3.63. The lowest BCUT2D eigenvalue weighted by Gasteiger charge is -2.12. The Morgan fingerprint density at radius 1 is 1.05 bits per heavy atom. The van der Waals surface area contributed by atoms with Crippen LogP contribution in [0, 0.1) is 5.92 Å². The first-order chi connectivity index (χ1) is 10.7. The smallest absolute Gasteiger partial charge is 0.224 e. The Balaban J connectivity index is 1.51. The van der Waals surface area contributed by atoms with E-state index in [-0.39, 0.29) is 5.91 Å². The molecule has 0 unspecified atom stereocenters. The van der Waals surface area contributed by atoms with E-state index in [1.54, 1.807) is 12.1 Å². The average Bonchev–Trinajstić information content (AvgIpc) is 2.99. The summed E-state index contributed by atoms with van der Waals surface area (Å²) in [7, 11) is 0. The highest BCUT2D eigenvalue weighted by atomic mass is 35.5. The molecule has 0 aliphatic heterocycles. The molecule has 0 radical (unpaired) electrons. The Hall–Kier alpha value is -1.80. The number of benzene rings is 2. The third-order valence-electron chi connectivity index (χ3n) is 4.41. The van der Waals surface area contributed by atoms with Crippen LogP contribution in [0.15, 0.2) is 54.6 Å². The second-order valence-electron chi connectivity index (χ2n) is 6.05. The monoisotopic (exact) mass is 313 g/mol. The molecule has 2 nitrogen and oxygen atoms in total. The van der Waals surface area contributed by atoms with E-state index >= 15 is 0 Å². The maximum Gasteiger partial charge on any atom is 0.224 e. The molecule has 1 saturated carbocycles. The fourth-order valence-corrected chi connectivity index (χ4v) is 3.42. The molecule has 0 bridgehead atoms. The van der Waals surface area contributed by atoms with Crippen molar-refractivity contribution in [1.82, 2.24) is 0 Å². The normalized spacial score (nSPS) is 20.8. The first-order valence-electron chi connectivity index (χ1n) is 7.81. The van der Waals surface area contributed by atoms with Gasteiger partial charge in [0.05, 0.1) is 0 Å². The van der Waals surface area contributed by atoms with Gasteiger partial charge < -0.3 is 5.32 Å². The van der Waals surface area contributed by atoms with Crippen LogP contribution >= 0.6 is 11.6 Å². The maximum atomic E-state index is 12.2. The summed E-state index contributed by atoms with van der Waals surface area (Å²) in [5.74, 6) is 1.19. The molecule has 2 aromatic carbocycles. The van der Waals surface area contributed by atoms with Gasteiger partial charge in [-0.25, -0.2) is 0 Å². The number of nitrogens with one attached hydrogen (secondary N) is 1. The summed E-state index contributed by atoms with van der Waals surface area (Å²) in [4.78, 5) is 12.2. The van der Waals surface area contributed by atoms with Gasteiger partial charge in [-0.1, -0.05) is 41.9 Å². The molecule has 0 spiro atoms. The van der Waals surface area contributed by atoms with E-state index in [0.29, 0.717) is 23.3 Å². The summed E-state index contributed by atoms with van der Waals surface area (Å²) in [6.45, 7) is 0. The van der Waals surface area contributed by atoms with Crippen molar-refractivity contribution in [3.05, 3.63) is 65.2 Å². The standard InChI is InChI=1S/C19H20ClNO/c20-17-8-10-18(11-9-17)21-19(22)13-14-6-7-16(12-14)15-4-2-1-3-5-15/h1-5,8-11,14,16H,6-7,12-13H2,(H,21,22)/t14-,16-/m1/s1. The largest absolute Gasteiger partial charge is 0.326 e. The van der Waals surface area contributed by atoms with Crippen molar-refractivity contribution in [3.63, 3.8) is 0 Å². The SMILES string of the molecule is O=C(C[C@@H]1CC[C@@H](c2ccccc2)C1)Nc1ccc(Cl)cc1. The van der Waals surface area contributed by atoms with Gasteiger partial charge in [0.1, 0.15) is 0 Å². The van der Waals surface area contributed by atoms with Crippen LogP contribution in [0.1, 0.15) is 37.2 Å². The van der Waals surface area contributed by atoms with E-state index < -0.39 is 0 Å². The third-order valence-corrected chi connectivity index (χ3v) is 4.67. The van der Waals surface area contributed by atoms with Crippen molar-refractivity contribution in [2.45, 2.75) is 31.6 Å². The van der Waals surface area contributed by atoms with E-state index in [1.165, 1.54) is 12.0 Å². The lowest BCUT2D eigenvalue weighted by atomic mass is 9.95. The first-order valence-corrected chi connectivity index (χ1v) is 8.19. The van der Waals surface area contributed by atoms with Crippen molar-refractivity contribution < 1.29 is 4.79 Å². The number of rotatable bonds is 4. The fourth-order valence-electron chi connectivity index (χ4n) is 3.30. The van der Waals surface area contributed by atoms with Crippen LogP contribution in [0.5, 0.6) is 0 Å². The Labute approximate surface area is 136 Å². The van der Waals surface area contributed by atoms with Crippen molar-refractivity contribution in [2.75, 3.05) is 5.32 Å². The highest BCUT2D eigenvalue weighted by Gasteiger charge is 2.27. The number of carbonyl (C=O) groups excluding carboxylic acids is 1. The molecule has 0 aromatic heterocycles. The number of halogens is 1. The number of hydrogen-bond acceptors (Lipinski definition) is 1. The van der Waals surface area contributed by atoms with Gasteiger partial charge in [-0.15, -0.1) is 0 Å². The van der Waals surface area contributed by atoms with Gasteiger partial charge in [0, 0.05) is 17.1 Å². The first kappa shape index (κ1) is 15.1. The van der Waals surface area contributed by atoms with Gasteiger partial charge in [-0.05, 0) is 60.9 Å². The highest BCUT2D eigenvalue weighted by molar-refractivity contribution is 6.30. The van der Waals surface area contributed by atoms with E-state index in [0.717, 1.165) is 18.5 Å². The van der Waals surface area contributed by atoms with E-state index in [2.05, 4.69) is 35.6 Å². The Bertz CT molecular complexity index is 624. The molecule has 0 heterocycles. The lowest BCUT2D eigenvalue weighted by molar-refractivity contribution is -0.117. The molecule has 0 saturated heterocycles. The second kappa shape index (κ2) is 6.97. The fraction of sp³-hybridized carbons (Fsp3) is 0.316.